The Kier molecular flexibility index (Phi) is 4.01. The van der Waals surface area contributed by atoms with E-state index in [4.69, 9.17) is 6.42 Å². The molecule has 0 aliphatic heterocycles. The van der Waals surface area contributed by atoms with E-state index in [2.05, 4.69) is 33.2 Å². The first-order valence-electron chi connectivity index (χ1n) is 4.17. The second kappa shape index (κ2) is 5.06. The van der Waals surface area contributed by atoms with E-state index in [9.17, 15) is 0 Å². The average molecular weight is 238 g/mol. The van der Waals surface area contributed by atoms with E-state index in [0.29, 0.717) is 0 Å². The Morgan fingerprint density at radius 2 is 2.23 bits per heavy atom. The van der Waals surface area contributed by atoms with Gasteiger partial charge in [-0.15, -0.1) is 6.42 Å². The molecule has 0 aromatic heterocycles. The van der Waals surface area contributed by atoms with Crippen molar-refractivity contribution in [2.45, 2.75) is 19.5 Å². The third-order valence-corrected chi connectivity index (χ3v) is 2.58. The van der Waals surface area contributed by atoms with Crippen LogP contribution in [0.2, 0.25) is 0 Å². The van der Waals surface area contributed by atoms with Crippen LogP contribution in [0, 0.1) is 12.3 Å². The zero-order valence-electron chi connectivity index (χ0n) is 7.55. The largest absolute Gasteiger partial charge is 0.300 e. The molecule has 0 fully saturated rings. The van der Waals surface area contributed by atoms with Crippen molar-refractivity contribution >= 4 is 15.9 Å². The molecule has 1 atom stereocenters. The minimum atomic E-state index is 0.118. The predicted octanol–water partition coefficient (Wildman–Crippen LogP) is 2.56. The summed E-state index contributed by atoms with van der Waals surface area (Å²) in [7, 11) is 0. The van der Waals surface area contributed by atoms with Crippen LogP contribution in [0.3, 0.4) is 0 Å². The number of nitrogens with one attached hydrogen (secondary N) is 1. The smallest absolute Gasteiger partial charge is 0.0660 e. The minimum absolute atomic E-state index is 0.118. The summed E-state index contributed by atoms with van der Waals surface area (Å²) >= 11 is 3.48. The van der Waals surface area contributed by atoms with Crippen LogP contribution in [-0.4, -0.2) is 6.04 Å². The molecule has 0 saturated carbocycles. The molecule has 1 aromatic rings. The highest BCUT2D eigenvalue weighted by Gasteiger charge is 1.99. The molecule has 0 bridgehead atoms. The number of rotatable bonds is 3. The molecule has 0 radical (unpaired) electrons. The lowest BCUT2D eigenvalue weighted by Crippen LogP contribution is -2.23. The molecule has 2 heteroatoms. The van der Waals surface area contributed by atoms with Gasteiger partial charge in [0, 0.05) is 11.0 Å². The lowest BCUT2D eigenvalue weighted by molar-refractivity contribution is 0.647. The molecule has 1 unspecified atom stereocenters. The monoisotopic (exact) mass is 237 g/mol. The predicted molar refractivity (Wildman–Crippen MR) is 59.3 cm³/mol. The summed E-state index contributed by atoms with van der Waals surface area (Å²) in [6, 6.07) is 8.23. The lowest BCUT2D eigenvalue weighted by Gasteiger charge is -2.08. The number of halogens is 1. The van der Waals surface area contributed by atoms with Gasteiger partial charge in [-0.2, -0.15) is 0 Å². The molecule has 1 aromatic carbocycles. The number of hydrogen-bond donors (Lipinski definition) is 1. The summed E-state index contributed by atoms with van der Waals surface area (Å²) in [4.78, 5) is 0. The van der Waals surface area contributed by atoms with Gasteiger partial charge < -0.3 is 0 Å². The first kappa shape index (κ1) is 10.3. The van der Waals surface area contributed by atoms with E-state index in [0.717, 1.165) is 11.0 Å². The van der Waals surface area contributed by atoms with Crippen molar-refractivity contribution in [1.82, 2.24) is 5.32 Å². The number of terminal acetylenes is 1. The van der Waals surface area contributed by atoms with E-state index < -0.39 is 0 Å². The third-order valence-electron chi connectivity index (χ3n) is 1.81. The van der Waals surface area contributed by atoms with Crippen molar-refractivity contribution in [1.29, 1.82) is 0 Å². The maximum Gasteiger partial charge on any atom is 0.0660 e. The Labute approximate surface area is 87.7 Å². The highest BCUT2D eigenvalue weighted by molar-refractivity contribution is 9.10. The number of hydrogen-bond acceptors (Lipinski definition) is 1. The quantitative estimate of drug-likeness (QED) is 0.798. The minimum Gasteiger partial charge on any atom is -0.300 e. The molecular weight excluding hydrogens is 226 g/mol. The van der Waals surface area contributed by atoms with Crippen molar-refractivity contribution < 1.29 is 0 Å². The summed E-state index contributed by atoms with van der Waals surface area (Å²) < 4.78 is 1.12. The van der Waals surface area contributed by atoms with Crippen molar-refractivity contribution in [3.63, 3.8) is 0 Å². The van der Waals surface area contributed by atoms with E-state index in [1.807, 2.05) is 25.1 Å². The average Bonchev–Trinajstić information content (AvgIpc) is 2.16. The Morgan fingerprint density at radius 1 is 1.54 bits per heavy atom. The van der Waals surface area contributed by atoms with Gasteiger partial charge in [-0.25, -0.2) is 0 Å². The van der Waals surface area contributed by atoms with Gasteiger partial charge in [0.25, 0.3) is 0 Å². The zero-order chi connectivity index (χ0) is 9.68. The van der Waals surface area contributed by atoms with E-state index in [-0.39, 0.29) is 6.04 Å². The van der Waals surface area contributed by atoms with Gasteiger partial charge in [-0.1, -0.05) is 40.0 Å². The molecular formula is C11H12BrN. The molecule has 0 heterocycles. The SMILES string of the molecule is C#CC(C)NCc1ccccc1Br. The van der Waals surface area contributed by atoms with Crippen LogP contribution in [0.4, 0.5) is 0 Å². The summed E-state index contributed by atoms with van der Waals surface area (Å²) in [5.74, 6) is 2.63. The fourth-order valence-corrected chi connectivity index (χ4v) is 1.39. The fraction of sp³-hybridized carbons (Fsp3) is 0.273. The molecule has 0 saturated heterocycles. The van der Waals surface area contributed by atoms with Gasteiger partial charge in [0.15, 0.2) is 0 Å². The van der Waals surface area contributed by atoms with Gasteiger partial charge in [0.1, 0.15) is 0 Å². The topological polar surface area (TPSA) is 12.0 Å². The van der Waals surface area contributed by atoms with Crippen LogP contribution in [0.25, 0.3) is 0 Å². The van der Waals surface area contributed by atoms with Crippen LogP contribution >= 0.6 is 15.9 Å². The van der Waals surface area contributed by atoms with Gasteiger partial charge >= 0.3 is 0 Å². The van der Waals surface area contributed by atoms with Gasteiger partial charge in [0.05, 0.1) is 6.04 Å². The van der Waals surface area contributed by atoms with Crippen LogP contribution in [-0.2, 0) is 6.54 Å². The Morgan fingerprint density at radius 3 is 2.85 bits per heavy atom. The van der Waals surface area contributed by atoms with Gasteiger partial charge in [-0.3, -0.25) is 5.32 Å². The molecule has 13 heavy (non-hydrogen) atoms. The van der Waals surface area contributed by atoms with Crippen molar-refractivity contribution in [3.05, 3.63) is 34.3 Å². The maximum absolute atomic E-state index is 5.25. The molecule has 0 aliphatic carbocycles. The molecule has 0 spiro atoms. The van der Waals surface area contributed by atoms with Crippen LogP contribution in [0.5, 0.6) is 0 Å². The molecule has 1 N–H and O–H groups in total. The summed E-state index contributed by atoms with van der Waals surface area (Å²) in [6.45, 7) is 2.77. The fourth-order valence-electron chi connectivity index (χ4n) is 0.964. The van der Waals surface area contributed by atoms with Gasteiger partial charge in [-0.05, 0) is 18.6 Å². The van der Waals surface area contributed by atoms with Crippen molar-refractivity contribution in [3.8, 4) is 12.3 Å². The molecule has 0 aliphatic rings. The second-order valence-corrected chi connectivity index (χ2v) is 3.72. The summed E-state index contributed by atoms with van der Waals surface area (Å²) in [5.41, 5.74) is 1.23. The van der Waals surface area contributed by atoms with Crippen LogP contribution in [0.15, 0.2) is 28.7 Å². The standard InChI is InChI=1S/C11H12BrN/c1-3-9(2)13-8-10-6-4-5-7-11(10)12/h1,4-7,9,13H,8H2,2H3. The van der Waals surface area contributed by atoms with E-state index in [1.54, 1.807) is 0 Å². The number of benzene rings is 1. The van der Waals surface area contributed by atoms with Gasteiger partial charge in [0.2, 0.25) is 0 Å². The highest BCUT2D eigenvalue weighted by atomic mass is 79.9. The normalized spacial score (nSPS) is 12.1. The summed E-state index contributed by atoms with van der Waals surface area (Å²) in [6.07, 6.45) is 5.25. The Bertz CT molecular complexity index is 314. The zero-order valence-corrected chi connectivity index (χ0v) is 9.14. The van der Waals surface area contributed by atoms with Crippen molar-refractivity contribution in [2.24, 2.45) is 0 Å². The lowest BCUT2D eigenvalue weighted by atomic mass is 10.2. The second-order valence-electron chi connectivity index (χ2n) is 2.86. The van der Waals surface area contributed by atoms with E-state index in [1.165, 1.54) is 5.56 Å². The highest BCUT2D eigenvalue weighted by Crippen LogP contribution is 2.15. The first-order chi connectivity index (χ1) is 6.24. The third kappa shape index (κ3) is 3.22. The Balaban J connectivity index is 2.56. The van der Waals surface area contributed by atoms with E-state index >= 15 is 0 Å². The van der Waals surface area contributed by atoms with Crippen molar-refractivity contribution in [2.75, 3.05) is 0 Å². The van der Waals surface area contributed by atoms with Crippen LogP contribution in [0.1, 0.15) is 12.5 Å². The Hall–Kier alpha value is -0.780. The first-order valence-corrected chi connectivity index (χ1v) is 4.96. The molecule has 1 nitrogen and oxygen atoms in total. The molecule has 68 valence electrons. The molecule has 0 amide bonds. The molecule has 1 rings (SSSR count). The maximum atomic E-state index is 5.25. The van der Waals surface area contributed by atoms with Crippen LogP contribution < -0.4 is 5.32 Å². The summed E-state index contributed by atoms with van der Waals surface area (Å²) in [5, 5.41) is 3.22.